The van der Waals surface area contributed by atoms with E-state index in [4.69, 9.17) is 5.73 Å². The average molecular weight is 353 g/mol. The lowest BCUT2D eigenvalue weighted by Crippen LogP contribution is -2.27. The maximum absolute atomic E-state index is 13.5. The number of anilines is 1. The van der Waals surface area contributed by atoms with Crippen molar-refractivity contribution in [3.8, 4) is 0 Å². The number of nitrogens with zero attached hydrogens (tertiary/aromatic N) is 3. The van der Waals surface area contributed by atoms with E-state index in [0.717, 1.165) is 0 Å². The molecule has 1 aromatic heterocycles. The number of benzene rings is 1. The van der Waals surface area contributed by atoms with Crippen LogP contribution in [0.1, 0.15) is 5.56 Å². The van der Waals surface area contributed by atoms with E-state index in [1.54, 1.807) is 10.6 Å². The van der Waals surface area contributed by atoms with Crippen molar-refractivity contribution in [3.63, 3.8) is 0 Å². The number of hydrogen-bond acceptors (Lipinski definition) is 5. The van der Waals surface area contributed by atoms with Gasteiger partial charge >= 0.3 is 0 Å². The molecule has 0 spiro atoms. The van der Waals surface area contributed by atoms with Gasteiger partial charge in [0.1, 0.15) is 11.6 Å². The van der Waals surface area contributed by atoms with Crippen molar-refractivity contribution in [2.45, 2.75) is 18.1 Å². The minimum Gasteiger partial charge on any atom is -0.368 e. The number of nitrogen functional groups attached to an aromatic ring is 1. The number of carbonyl (C=O) groups excluding carboxylic acids is 1. The quantitative estimate of drug-likeness (QED) is 0.558. The van der Waals surface area contributed by atoms with Gasteiger partial charge in [0.2, 0.25) is 11.9 Å². The Labute approximate surface area is 142 Å². The Morgan fingerprint density at radius 3 is 2.75 bits per heavy atom. The molecule has 1 aromatic carbocycles. The highest BCUT2D eigenvalue weighted by molar-refractivity contribution is 7.99. The van der Waals surface area contributed by atoms with Crippen molar-refractivity contribution >= 4 is 23.6 Å². The van der Waals surface area contributed by atoms with E-state index in [2.05, 4.69) is 22.1 Å². The number of halogens is 2. The smallest absolute Gasteiger partial charge is 0.230 e. The van der Waals surface area contributed by atoms with Crippen LogP contribution in [-0.4, -0.2) is 33.0 Å². The zero-order valence-electron chi connectivity index (χ0n) is 12.8. The first-order valence-electron chi connectivity index (χ1n) is 7.15. The molecule has 0 aliphatic rings. The van der Waals surface area contributed by atoms with Gasteiger partial charge in [0.05, 0.1) is 5.75 Å². The number of carbonyl (C=O) groups is 1. The molecule has 0 atom stereocenters. The fourth-order valence-corrected chi connectivity index (χ4v) is 2.77. The Morgan fingerprint density at radius 2 is 2.08 bits per heavy atom. The van der Waals surface area contributed by atoms with E-state index in [1.165, 1.54) is 30.0 Å². The monoisotopic (exact) mass is 353 g/mol. The molecule has 0 radical (unpaired) electrons. The Bertz CT molecular complexity index is 714. The van der Waals surface area contributed by atoms with Gasteiger partial charge in [0.25, 0.3) is 0 Å². The Hall–Kier alpha value is -2.42. The number of allylic oxidation sites excluding steroid dienone is 1. The van der Waals surface area contributed by atoms with Gasteiger partial charge in [0.15, 0.2) is 5.16 Å². The molecule has 2 aromatic rings. The summed E-state index contributed by atoms with van der Waals surface area (Å²) >= 11 is 1.17. The summed E-state index contributed by atoms with van der Waals surface area (Å²) in [6.45, 7) is 4.19. The number of aromatic nitrogens is 3. The van der Waals surface area contributed by atoms with E-state index in [9.17, 15) is 13.6 Å². The van der Waals surface area contributed by atoms with Gasteiger partial charge in [-0.15, -0.1) is 16.8 Å². The van der Waals surface area contributed by atoms with Crippen molar-refractivity contribution in [2.75, 3.05) is 18.0 Å². The van der Waals surface area contributed by atoms with E-state index >= 15 is 0 Å². The van der Waals surface area contributed by atoms with Gasteiger partial charge in [-0.1, -0.05) is 23.9 Å². The highest BCUT2D eigenvalue weighted by Crippen LogP contribution is 2.17. The van der Waals surface area contributed by atoms with Gasteiger partial charge in [-0.3, -0.25) is 9.36 Å². The molecule has 0 saturated heterocycles. The van der Waals surface area contributed by atoms with Gasteiger partial charge in [-0.2, -0.15) is 0 Å². The molecule has 24 heavy (non-hydrogen) atoms. The molecule has 3 N–H and O–H groups in total. The number of amides is 1. The third-order valence-electron chi connectivity index (χ3n) is 3.15. The molecule has 2 rings (SSSR count). The van der Waals surface area contributed by atoms with E-state index in [-0.39, 0.29) is 36.1 Å². The molecule has 6 nitrogen and oxygen atoms in total. The summed E-state index contributed by atoms with van der Waals surface area (Å²) < 4.78 is 28.6. The molecular formula is C15H17F2N5OS. The zero-order chi connectivity index (χ0) is 17.5. The van der Waals surface area contributed by atoms with Gasteiger partial charge in [-0.05, 0) is 18.6 Å². The molecule has 1 amide bonds. The lowest BCUT2D eigenvalue weighted by molar-refractivity contribution is -0.118. The van der Waals surface area contributed by atoms with Gasteiger partial charge in [0, 0.05) is 18.7 Å². The second-order valence-corrected chi connectivity index (χ2v) is 5.77. The first-order chi connectivity index (χ1) is 11.5. The summed E-state index contributed by atoms with van der Waals surface area (Å²) in [5.41, 5.74) is 5.63. The fraction of sp³-hybridized carbons (Fsp3) is 0.267. The Balaban J connectivity index is 1.81. The topological polar surface area (TPSA) is 85.8 Å². The van der Waals surface area contributed by atoms with Crippen molar-refractivity contribution < 1.29 is 13.6 Å². The van der Waals surface area contributed by atoms with Crippen LogP contribution in [0.2, 0.25) is 0 Å². The van der Waals surface area contributed by atoms with Crippen LogP contribution in [0.5, 0.6) is 0 Å². The van der Waals surface area contributed by atoms with Crippen LogP contribution < -0.4 is 11.1 Å². The molecule has 0 aliphatic carbocycles. The predicted molar refractivity (Wildman–Crippen MR) is 88.4 cm³/mol. The normalized spacial score (nSPS) is 10.6. The van der Waals surface area contributed by atoms with E-state index in [1.807, 2.05) is 0 Å². The van der Waals surface area contributed by atoms with E-state index < -0.39 is 11.6 Å². The summed E-state index contributed by atoms with van der Waals surface area (Å²) in [4.78, 5) is 11.8. The largest absolute Gasteiger partial charge is 0.368 e. The fourth-order valence-electron chi connectivity index (χ4n) is 1.99. The van der Waals surface area contributed by atoms with Crippen LogP contribution in [0, 0.1) is 11.6 Å². The average Bonchev–Trinajstić information content (AvgIpc) is 2.89. The number of thioether (sulfide) groups is 1. The Morgan fingerprint density at radius 1 is 1.38 bits per heavy atom. The van der Waals surface area contributed by atoms with Crippen LogP contribution in [0.15, 0.2) is 36.0 Å². The summed E-state index contributed by atoms with van der Waals surface area (Å²) in [6.07, 6.45) is 1.72. The van der Waals surface area contributed by atoms with Crippen LogP contribution in [-0.2, 0) is 17.8 Å². The lowest BCUT2D eigenvalue weighted by atomic mass is 10.1. The van der Waals surface area contributed by atoms with Crippen LogP contribution in [0.25, 0.3) is 0 Å². The van der Waals surface area contributed by atoms with Crippen LogP contribution >= 0.6 is 11.8 Å². The molecule has 1 heterocycles. The molecule has 0 saturated carbocycles. The maximum Gasteiger partial charge on any atom is 0.230 e. The van der Waals surface area contributed by atoms with Gasteiger partial charge in [-0.25, -0.2) is 8.78 Å². The highest BCUT2D eigenvalue weighted by atomic mass is 32.2. The van der Waals surface area contributed by atoms with Crippen molar-refractivity contribution in [3.05, 3.63) is 48.1 Å². The molecule has 0 fully saturated rings. The SMILES string of the molecule is C=CCn1c(N)nnc1SCC(=O)NCCc1c(F)cccc1F. The summed E-state index contributed by atoms with van der Waals surface area (Å²) in [7, 11) is 0. The standard InChI is InChI=1S/C15H17F2N5OS/c1-2-8-22-14(18)20-21-15(22)24-9-13(23)19-7-6-10-11(16)4-3-5-12(10)17/h2-5H,1,6-9H2,(H2,18,20)(H,19,23). The van der Waals surface area contributed by atoms with Gasteiger partial charge < -0.3 is 11.1 Å². The highest BCUT2D eigenvalue weighted by Gasteiger charge is 2.12. The third kappa shape index (κ3) is 4.54. The van der Waals surface area contributed by atoms with Crippen molar-refractivity contribution in [2.24, 2.45) is 0 Å². The number of hydrogen-bond donors (Lipinski definition) is 2. The molecule has 128 valence electrons. The number of nitrogens with two attached hydrogens (primary N) is 1. The minimum atomic E-state index is -0.619. The summed E-state index contributed by atoms with van der Waals surface area (Å²) in [5.74, 6) is -1.18. The third-order valence-corrected chi connectivity index (χ3v) is 4.12. The number of rotatable bonds is 8. The van der Waals surface area contributed by atoms with Crippen molar-refractivity contribution in [1.82, 2.24) is 20.1 Å². The molecule has 0 unspecified atom stereocenters. The summed E-state index contributed by atoms with van der Waals surface area (Å²) in [5, 5.41) is 10.7. The van der Waals surface area contributed by atoms with Crippen LogP contribution in [0.3, 0.4) is 0 Å². The predicted octanol–water partition coefficient (Wildman–Crippen LogP) is 1.78. The van der Waals surface area contributed by atoms with Crippen molar-refractivity contribution in [1.29, 1.82) is 0 Å². The second kappa shape index (κ2) is 8.44. The summed E-state index contributed by atoms with van der Waals surface area (Å²) in [6, 6.07) is 3.67. The lowest BCUT2D eigenvalue weighted by Gasteiger charge is -2.07. The zero-order valence-corrected chi connectivity index (χ0v) is 13.7. The molecule has 0 aliphatic heterocycles. The molecular weight excluding hydrogens is 336 g/mol. The maximum atomic E-state index is 13.5. The Kier molecular flexibility index (Phi) is 6.30. The van der Waals surface area contributed by atoms with E-state index in [0.29, 0.717) is 11.7 Å². The first kappa shape index (κ1) is 17.9. The second-order valence-electron chi connectivity index (χ2n) is 4.83. The first-order valence-corrected chi connectivity index (χ1v) is 8.13. The van der Waals surface area contributed by atoms with Crippen LogP contribution in [0.4, 0.5) is 14.7 Å². The minimum absolute atomic E-state index is 0.0380. The number of nitrogens with one attached hydrogen (secondary N) is 1. The molecule has 0 bridgehead atoms. The molecule has 9 heteroatoms.